The van der Waals surface area contributed by atoms with Gasteiger partial charge < -0.3 is 10.6 Å². The molecular weight excluding hydrogens is 374 g/mol. The van der Waals surface area contributed by atoms with E-state index < -0.39 is 0 Å². The van der Waals surface area contributed by atoms with Crippen molar-refractivity contribution in [3.8, 4) is 5.69 Å². The molecule has 28 heavy (non-hydrogen) atoms. The van der Waals surface area contributed by atoms with Gasteiger partial charge in [-0.15, -0.1) is 5.10 Å². The van der Waals surface area contributed by atoms with Crippen LogP contribution in [-0.2, 0) is 0 Å². The smallest absolute Gasteiger partial charge is 0.276 e. The third-order valence-corrected chi connectivity index (χ3v) is 5.76. The lowest BCUT2D eigenvalue weighted by atomic mass is 9.89. The van der Waals surface area contributed by atoms with Crippen molar-refractivity contribution in [3.05, 3.63) is 76.6 Å². The van der Waals surface area contributed by atoms with E-state index in [0.717, 1.165) is 0 Å². The second-order valence-electron chi connectivity index (χ2n) is 7.11. The molecule has 1 aliphatic heterocycles. The van der Waals surface area contributed by atoms with Crippen LogP contribution in [0.25, 0.3) is 5.69 Å². The number of nitrogens with zero attached hydrogens (tertiary/aromatic N) is 4. The molecule has 0 bridgehead atoms. The third kappa shape index (κ3) is 3.30. The fourth-order valence-electron chi connectivity index (χ4n) is 3.88. The van der Waals surface area contributed by atoms with Crippen molar-refractivity contribution in [1.29, 1.82) is 0 Å². The third-order valence-electron chi connectivity index (χ3n) is 5.44. The molecule has 1 fully saturated rings. The lowest BCUT2D eigenvalue weighted by Crippen LogP contribution is -2.30. The first-order valence-electron chi connectivity index (χ1n) is 9.31. The Hall–Kier alpha value is -2.70. The van der Waals surface area contributed by atoms with E-state index in [9.17, 15) is 4.79 Å². The summed E-state index contributed by atoms with van der Waals surface area (Å²) in [6, 6.07) is 17.6. The summed E-state index contributed by atoms with van der Waals surface area (Å²) in [5, 5.41) is 8.88. The van der Waals surface area contributed by atoms with Crippen LogP contribution in [0.4, 0.5) is 0 Å². The molecule has 4 rings (SSSR count). The molecule has 1 aliphatic rings. The van der Waals surface area contributed by atoms with Crippen LogP contribution in [0.15, 0.2) is 54.6 Å². The monoisotopic (exact) mass is 395 g/mol. The van der Waals surface area contributed by atoms with Crippen LogP contribution in [0.3, 0.4) is 0 Å². The highest BCUT2D eigenvalue weighted by Crippen LogP contribution is 2.33. The molecule has 2 aromatic carbocycles. The summed E-state index contributed by atoms with van der Waals surface area (Å²) in [4.78, 5) is 15.0. The fourth-order valence-corrected chi connectivity index (χ4v) is 4.10. The molecule has 0 saturated carbocycles. The maximum absolute atomic E-state index is 13.2. The summed E-state index contributed by atoms with van der Waals surface area (Å²) in [5.41, 5.74) is 8.95. The van der Waals surface area contributed by atoms with Crippen molar-refractivity contribution in [2.24, 2.45) is 11.7 Å². The van der Waals surface area contributed by atoms with Gasteiger partial charge in [0.2, 0.25) is 0 Å². The second kappa shape index (κ2) is 7.73. The number of aromatic nitrogens is 3. The molecule has 1 aromatic heterocycles. The zero-order valence-corrected chi connectivity index (χ0v) is 16.4. The van der Waals surface area contributed by atoms with Crippen molar-refractivity contribution in [2.45, 2.75) is 12.8 Å². The molecule has 144 valence electrons. The molecule has 0 spiro atoms. The Morgan fingerprint density at radius 1 is 1.14 bits per heavy atom. The van der Waals surface area contributed by atoms with E-state index in [1.807, 2.05) is 48.2 Å². The molecule has 1 amide bonds. The maximum Gasteiger partial charge on any atom is 0.276 e. The van der Waals surface area contributed by atoms with Gasteiger partial charge in [-0.25, -0.2) is 4.68 Å². The predicted octanol–water partition coefficient (Wildman–Crippen LogP) is 3.04. The Kier molecular flexibility index (Phi) is 5.15. The number of nitrogens with two attached hydrogens (primary N) is 1. The van der Waals surface area contributed by atoms with E-state index >= 15 is 0 Å². The normalized spacial score (nSPS) is 19.2. The quantitative estimate of drug-likeness (QED) is 0.736. The van der Waals surface area contributed by atoms with Crippen molar-refractivity contribution in [1.82, 2.24) is 19.9 Å². The van der Waals surface area contributed by atoms with E-state index in [0.29, 0.717) is 41.7 Å². The van der Waals surface area contributed by atoms with Crippen molar-refractivity contribution in [2.75, 3.05) is 19.6 Å². The number of likely N-dealkylation sites (tertiary alicyclic amines) is 1. The molecule has 1 saturated heterocycles. The second-order valence-corrected chi connectivity index (χ2v) is 7.52. The Morgan fingerprint density at radius 2 is 1.86 bits per heavy atom. The highest BCUT2D eigenvalue weighted by Gasteiger charge is 2.37. The van der Waals surface area contributed by atoms with E-state index in [4.69, 9.17) is 17.3 Å². The zero-order chi connectivity index (χ0) is 19.7. The number of halogens is 1. The molecule has 2 N–H and O–H groups in total. The van der Waals surface area contributed by atoms with Crippen LogP contribution >= 0.6 is 11.6 Å². The average Bonchev–Trinajstić information content (AvgIpc) is 3.32. The summed E-state index contributed by atoms with van der Waals surface area (Å²) in [5.74, 6) is 0.340. The number of rotatable bonds is 4. The molecular formula is C21H22ClN5O. The van der Waals surface area contributed by atoms with Crippen LogP contribution < -0.4 is 5.73 Å². The Morgan fingerprint density at radius 3 is 2.57 bits per heavy atom. The summed E-state index contributed by atoms with van der Waals surface area (Å²) < 4.78 is 1.61. The van der Waals surface area contributed by atoms with Gasteiger partial charge in [-0.3, -0.25) is 4.79 Å². The van der Waals surface area contributed by atoms with Gasteiger partial charge in [-0.05, 0) is 37.1 Å². The Balaban J connectivity index is 1.60. The van der Waals surface area contributed by atoms with Crippen LogP contribution in [0, 0.1) is 12.8 Å². The molecule has 2 heterocycles. The number of carbonyl (C=O) groups excluding carboxylic acids is 1. The fraction of sp³-hybridized carbons (Fsp3) is 0.286. The average molecular weight is 396 g/mol. The van der Waals surface area contributed by atoms with Gasteiger partial charge in [0.05, 0.1) is 16.4 Å². The highest BCUT2D eigenvalue weighted by atomic mass is 35.5. The largest absolute Gasteiger partial charge is 0.336 e. The summed E-state index contributed by atoms with van der Waals surface area (Å²) in [6.45, 7) is 3.62. The minimum Gasteiger partial charge on any atom is -0.336 e. The van der Waals surface area contributed by atoms with Crippen LogP contribution in [0.2, 0.25) is 5.02 Å². The van der Waals surface area contributed by atoms with E-state index in [1.165, 1.54) is 5.56 Å². The lowest BCUT2D eigenvalue weighted by Gasteiger charge is -2.16. The number of hydrogen-bond donors (Lipinski definition) is 1. The zero-order valence-electron chi connectivity index (χ0n) is 15.6. The van der Waals surface area contributed by atoms with Gasteiger partial charge >= 0.3 is 0 Å². The van der Waals surface area contributed by atoms with Crippen LogP contribution in [0.1, 0.15) is 27.7 Å². The highest BCUT2D eigenvalue weighted by molar-refractivity contribution is 6.32. The van der Waals surface area contributed by atoms with Gasteiger partial charge in [0, 0.05) is 19.0 Å². The molecule has 0 unspecified atom stereocenters. The topological polar surface area (TPSA) is 77.0 Å². The lowest BCUT2D eigenvalue weighted by molar-refractivity contribution is 0.0779. The van der Waals surface area contributed by atoms with Crippen molar-refractivity contribution >= 4 is 17.5 Å². The SMILES string of the molecule is Cc1c(C(=O)N2C[C@@H](CN)[C@H](c3ccccc3)C2)nnn1-c1ccccc1Cl. The number of para-hydroxylation sites is 1. The van der Waals surface area contributed by atoms with Gasteiger partial charge in [0.25, 0.3) is 5.91 Å². The summed E-state index contributed by atoms with van der Waals surface area (Å²) in [7, 11) is 0. The van der Waals surface area contributed by atoms with Crippen molar-refractivity contribution < 1.29 is 4.79 Å². The minimum absolute atomic E-state index is 0.118. The molecule has 2 atom stereocenters. The molecule has 7 heteroatoms. The molecule has 0 radical (unpaired) electrons. The number of amides is 1. The molecule has 0 aliphatic carbocycles. The number of carbonyl (C=O) groups is 1. The summed E-state index contributed by atoms with van der Waals surface area (Å²) in [6.07, 6.45) is 0. The van der Waals surface area contributed by atoms with Gasteiger partial charge in [0.15, 0.2) is 5.69 Å². The van der Waals surface area contributed by atoms with Gasteiger partial charge in [0.1, 0.15) is 0 Å². The predicted molar refractivity (Wildman–Crippen MR) is 109 cm³/mol. The molecule has 6 nitrogen and oxygen atoms in total. The van der Waals surface area contributed by atoms with Crippen molar-refractivity contribution in [3.63, 3.8) is 0 Å². The van der Waals surface area contributed by atoms with Crippen LogP contribution in [-0.4, -0.2) is 45.4 Å². The van der Waals surface area contributed by atoms with Crippen LogP contribution in [0.5, 0.6) is 0 Å². The van der Waals surface area contributed by atoms with Gasteiger partial charge in [-0.2, -0.15) is 0 Å². The van der Waals surface area contributed by atoms with E-state index in [2.05, 4.69) is 22.4 Å². The molecule has 3 aromatic rings. The first-order valence-corrected chi connectivity index (χ1v) is 9.69. The van der Waals surface area contributed by atoms with E-state index in [-0.39, 0.29) is 17.7 Å². The Bertz CT molecular complexity index is 987. The first kappa shape index (κ1) is 18.7. The maximum atomic E-state index is 13.2. The summed E-state index contributed by atoms with van der Waals surface area (Å²) >= 11 is 6.27. The van der Waals surface area contributed by atoms with Gasteiger partial charge in [-0.1, -0.05) is 59.3 Å². The number of hydrogen-bond acceptors (Lipinski definition) is 4. The van der Waals surface area contributed by atoms with E-state index in [1.54, 1.807) is 10.7 Å². The Labute approximate surface area is 168 Å². The standard InChI is InChI=1S/C21H22ClN5O/c1-14-20(24-25-27(14)19-10-6-5-9-18(19)22)21(28)26-12-16(11-23)17(13-26)15-7-3-2-4-8-15/h2-10,16-17H,11-13,23H2,1H3/t16-,17+/m1/s1. The first-order chi connectivity index (χ1) is 13.6. The number of benzene rings is 2. The minimum atomic E-state index is -0.118.